The van der Waals surface area contributed by atoms with Crippen LogP contribution in [0.25, 0.3) is 5.76 Å². The molecule has 236 valence electrons. The Morgan fingerprint density at radius 3 is 2.62 bits per heavy atom. The monoisotopic (exact) mass is 665 g/mol. The van der Waals surface area contributed by atoms with E-state index >= 15 is 0 Å². The Kier molecular flexibility index (Phi) is 8.48. The second-order valence-electron chi connectivity index (χ2n) is 11.2. The van der Waals surface area contributed by atoms with E-state index < -0.39 is 17.7 Å². The van der Waals surface area contributed by atoms with Gasteiger partial charge < -0.3 is 14.6 Å². The number of fused-ring (bicyclic) bond motifs is 1. The van der Waals surface area contributed by atoms with Crippen molar-refractivity contribution in [2.45, 2.75) is 42.2 Å². The SMILES string of the molecule is C[C@@H]1Cc2cc(/C(O)=C3\C(=O)C(=O)N(c4nnc(SCc5ccc(F)cc5)s4)[C@H]3c3cccc(OCc4ccccc4)c3)ccc2O1. The standard InChI is InChI=1S/C36H28FN3O5S2/c1-21-16-26-17-25(12-15-29(26)45-21)32(41)30-31(24-8-5-9-28(18-24)44-19-22-6-3-2-4-7-22)40(34(43)33(30)42)35-38-39-36(47-35)46-20-23-10-13-27(37)14-11-23/h2-15,17-18,21,31,41H,16,19-20H2,1H3/b32-30+/t21-,31+/m1/s1. The predicted octanol–water partition coefficient (Wildman–Crippen LogP) is 7.50. The maximum atomic E-state index is 13.8. The van der Waals surface area contributed by atoms with Crippen molar-refractivity contribution in [3.8, 4) is 11.5 Å². The molecule has 0 bridgehead atoms. The molecule has 2 aliphatic heterocycles. The largest absolute Gasteiger partial charge is 0.507 e. The average Bonchev–Trinajstić information content (AvgIpc) is 3.78. The first-order chi connectivity index (χ1) is 22.8. The number of carbonyl (C=O) groups is 2. The molecule has 2 atom stereocenters. The van der Waals surface area contributed by atoms with Crippen LogP contribution in [0.2, 0.25) is 0 Å². The first-order valence-electron chi connectivity index (χ1n) is 14.9. The van der Waals surface area contributed by atoms with E-state index in [4.69, 9.17) is 9.47 Å². The van der Waals surface area contributed by atoms with E-state index in [-0.39, 0.29) is 28.4 Å². The van der Waals surface area contributed by atoms with Crippen LogP contribution in [0.3, 0.4) is 0 Å². The van der Waals surface area contributed by atoms with Crippen LogP contribution in [0, 0.1) is 5.82 Å². The number of ketones is 1. The number of thioether (sulfide) groups is 1. The maximum Gasteiger partial charge on any atom is 0.301 e. The van der Waals surface area contributed by atoms with Crippen molar-refractivity contribution in [2.24, 2.45) is 0 Å². The molecule has 47 heavy (non-hydrogen) atoms. The van der Waals surface area contributed by atoms with Crippen LogP contribution in [-0.4, -0.2) is 33.1 Å². The van der Waals surface area contributed by atoms with Gasteiger partial charge in [0.25, 0.3) is 5.78 Å². The Morgan fingerprint density at radius 2 is 1.81 bits per heavy atom. The Hall–Kier alpha value is -5.00. The van der Waals surface area contributed by atoms with Gasteiger partial charge >= 0.3 is 5.91 Å². The van der Waals surface area contributed by atoms with E-state index in [0.29, 0.717) is 40.0 Å². The molecular weight excluding hydrogens is 638 g/mol. The summed E-state index contributed by atoms with van der Waals surface area (Å²) in [5.74, 6) is -0.477. The van der Waals surface area contributed by atoms with Gasteiger partial charge in [-0.25, -0.2) is 4.39 Å². The van der Waals surface area contributed by atoms with Gasteiger partial charge in [-0.3, -0.25) is 14.5 Å². The lowest BCUT2D eigenvalue weighted by molar-refractivity contribution is -0.132. The zero-order valence-corrected chi connectivity index (χ0v) is 26.8. The van der Waals surface area contributed by atoms with Crippen molar-refractivity contribution in [3.63, 3.8) is 0 Å². The van der Waals surface area contributed by atoms with Crippen LogP contribution in [0.15, 0.2) is 107 Å². The third-order valence-corrected chi connectivity index (χ3v) is 10.0. The molecule has 11 heteroatoms. The van der Waals surface area contributed by atoms with E-state index in [1.165, 1.54) is 28.8 Å². The molecule has 0 saturated carbocycles. The Bertz CT molecular complexity index is 2000. The number of carbonyl (C=O) groups excluding carboxylic acids is 2. The van der Waals surface area contributed by atoms with Crippen molar-refractivity contribution in [2.75, 3.05) is 4.90 Å². The van der Waals surface area contributed by atoms with Gasteiger partial charge in [-0.1, -0.05) is 77.7 Å². The number of hydrogen-bond acceptors (Lipinski definition) is 9. The fourth-order valence-electron chi connectivity index (χ4n) is 5.67. The molecule has 1 saturated heterocycles. The van der Waals surface area contributed by atoms with Crippen molar-refractivity contribution in [1.82, 2.24) is 10.2 Å². The molecule has 0 aliphatic carbocycles. The number of aliphatic hydroxyl groups is 1. The van der Waals surface area contributed by atoms with Gasteiger partial charge in [-0.15, -0.1) is 10.2 Å². The van der Waals surface area contributed by atoms with Gasteiger partial charge in [-0.2, -0.15) is 0 Å². The molecule has 0 radical (unpaired) electrons. The van der Waals surface area contributed by atoms with E-state index in [1.54, 1.807) is 54.6 Å². The highest BCUT2D eigenvalue weighted by Gasteiger charge is 2.48. The minimum Gasteiger partial charge on any atom is -0.507 e. The number of aliphatic hydroxyl groups excluding tert-OH is 1. The fraction of sp³-hybridized carbons (Fsp3) is 0.167. The molecule has 5 aromatic rings. The molecule has 1 fully saturated rings. The quantitative estimate of drug-likeness (QED) is 0.0568. The van der Waals surface area contributed by atoms with Crippen molar-refractivity contribution < 1.29 is 28.6 Å². The van der Waals surface area contributed by atoms with Crippen molar-refractivity contribution >= 4 is 45.7 Å². The van der Waals surface area contributed by atoms with Crippen LogP contribution in [0.5, 0.6) is 11.5 Å². The number of Topliss-reactive ketones (excluding diaryl/α,β-unsaturated/α-hetero) is 1. The first kappa shape index (κ1) is 30.6. The summed E-state index contributed by atoms with van der Waals surface area (Å²) >= 11 is 2.55. The molecule has 1 aromatic heterocycles. The lowest BCUT2D eigenvalue weighted by atomic mass is 9.94. The van der Waals surface area contributed by atoms with Gasteiger partial charge in [0, 0.05) is 17.7 Å². The highest BCUT2D eigenvalue weighted by atomic mass is 32.2. The molecule has 4 aromatic carbocycles. The second kappa shape index (κ2) is 13.0. The average molecular weight is 666 g/mol. The lowest BCUT2D eigenvalue weighted by Crippen LogP contribution is -2.29. The second-order valence-corrected chi connectivity index (χ2v) is 13.4. The Morgan fingerprint density at radius 1 is 1.00 bits per heavy atom. The summed E-state index contributed by atoms with van der Waals surface area (Å²) in [5.41, 5.74) is 3.71. The number of ether oxygens (including phenoxy) is 2. The number of rotatable bonds is 9. The number of benzene rings is 4. The summed E-state index contributed by atoms with van der Waals surface area (Å²) in [4.78, 5) is 28.8. The summed E-state index contributed by atoms with van der Waals surface area (Å²) < 4.78 is 25.8. The first-order valence-corrected chi connectivity index (χ1v) is 16.7. The van der Waals surface area contributed by atoms with Crippen LogP contribution in [-0.2, 0) is 28.4 Å². The van der Waals surface area contributed by atoms with Gasteiger partial charge in [0.15, 0.2) is 4.34 Å². The Labute approximate surface area is 278 Å². The topological polar surface area (TPSA) is 102 Å². The van der Waals surface area contributed by atoms with Gasteiger partial charge in [0.05, 0.1) is 11.6 Å². The van der Waals surface area contributed by atoms with Crippen LogP contribution < -0.4 is 14.4 Å². The Balaban J connectivity index is 1.25. The summed E-state index contributed by atoms with van der Waals surface area (Å²) in [5, 5.41) is 20.5. The smallest absolute Gasteiger partial charge is 0.301 e. The van der Waals surface area contributed by atoms with Gasteiger partial charge in [0.2, 0.25) is 5.13 Å². The molecule has 0 unspecified atom stereocenters. The molecule has 7 rings (SSSR count). The third kappa shape index (κ3) is 6.36. The highest BCUT2D eigenvalue weighted by Crippen LogP contribution is 2.45. The van der Waals surface area contributed by atoms with Crippen molar-refractivity contribution in [1.29, 1.82) is 0 Å². The number of halogens is 1. The molecule has 2 aliphatic rings. The van der Waals surface area contributed by atoms with Crippen molar-refractivity contribution in [3.05, 3.63) is 136 Å². The fourth-order valence-corrected chi connectivity index (χ4v) is 7.49. The summed E-state index contributed by atoms with van der Waals surface area (Å²) in [7, 11) is 0. The zero-order chi connectivity index (χ0) is 32.5. The van der Waals surface area contributed by atoms with E-state index in [2.05, 4.69) is 10.2 Å². The minimum absolute atomic E-state index is 0.000807. The van der Waals surface area contributed by atoms with Crippen LogP contribution in [0.1, 0.15) is 40.8 Å². The molecule has 8 nitrogen and oxygen atoms in total. The number of nitrogens with zero attached hydrogens (tertiary/aromatic N) is 3. The number of hydrogen-bond donors (Lipinski definition) is 1. The number of amides is 1. The normalized spacial score (nSPS) is 18.3. The maximum absolute atomic E-state index is 13.8. The number of anilines is 1. The lowest BCUT2D eigenvalue weighted by Gasteiger charge is -2.23. The van der Waals surface area contributed by atoms with E-state index in [9.17, 15) is 19.1 Å². The zero-order valence-electron chi connectivity index (χ0n) is 25.1. The molecule has 1 N–H and O–H groups in total. The summed E-state index contributed by atoms with van der Waals surface area (Å²) in [6.07, 6.45) is 0.664. The van der Waals surface area contributed by atoms with E-state index in [0.717, 1.165) is 33.8 Å². The molecular formula is C36H28FN3O5S2. The van der Waals surface area contributed by atoms with Crippen LogP contribution in [0.4, 0.5) is 9.52 Å². The van der Waals surface area contributed by atoms with Gasteiger partial charge in [-0.05, 0) is 71.6 Å². The minimum atomic E-state index is -0.999. The summed E-state index contributed by atoms with van der Waals surface area (Å²) in [6, 6.07) is 27.3. The third-order valence-electron chi connectivity index (χ3n) is 7.91. The summed E-state index contributed by atoms with van der Waals surface area (Å²) in [6.45, 7) is 2.29. The highest BCUT2D eigenvalue weighted by molar-refractivity contribution is 8.00. The van der Waals surface area contributed by atoms with Gasteiger partial charge in [0.1, 0.15) is 35.8 Å². The molecule has 3 heterocycles. The predicted molar refractivity (Wildman–Crippen MR) is 178 cm³/mol. The van der Waals surface area contributed by atoms with Crippen LogP contribution >= 0.6 is 23.1 Å². The number of aromatic nitrogens is 2. The van der Waals surface area contributed by atoms with E-state index in [1.807, 2.05) is 37.3 Å². The molecule has 1 amide bonds. The molecule has 0 spiro atoms.